The van der Waals surface area contributed by atoms with Gasteiger partial charge in [-0.15, -0.1) is 0 Å². The van der Waals surface area contributed by atoms with Crippen LogP contribution in [0.4, 0.5) is 0 Å². The lowest BCUT2D eigenvalue weighted by Crippen LogP contribution is -2.44. The average molecular weight is 534 g/mol. The summed E-state index contributed by atoms with van der Waals surface area (Å²) in [7, 11) is 0. The smallest absolute Gasteiger partial charge is 0.348 e. The highest BCUT2D eigenvalue weighted by Gasteiger charge is 2.45. The van der Waals surface area contributed by atoms with Gasteiger partial charge in [-0.25, -0.2) is 9.59 Å². The first kappa shape index (κ1) is 22.8. The molecule has 2 aromatic rings. The molecule has 0 amide bonds. The summed E-state index contributed by atoms with van der Waals surface area (Å²) in [5.41, 5.74) is -3.16. The molecular formula is C20H23IO9. The van der Waals surface area contributed by atoms with Crippen LogP contribution in [0, 0.1) is 0 Å². The van der Waals surface area contributed by atoms with Gasteiger partial charge in [-0.3, -0.25) is 4.79 Å². The van der Waals surface area contributed by atoms with Crippen molar-refractivity contribution in [2.45, 2.75) is 68.7 Å². The number of alkyl halides is 1. The van der Waals surface area contributed by atoms with E-state index in [0.717, 1.165) is 0 Å². The molecule has 9 nitrogen and oxygen atoms in total. The molecule has 0 saturated carbocycles. The van der Waals surface area contributed by atoms with Crippen molar-refractivity contribution >= 4 is 51.7 Å². The first-order valence-corrected chi connectivity index (χ1v) is 10.6. The Balaban J connectivity index is 1.97. The standard InChI is InChI=1S/C20H23IO9/c1-6-8(21)16(22)29-14-12-10(11-13(28-12)15(14)30-18(11)24)17(23)27-9(20(4,5)26)7-19(2,3)25/h8-9,25-26H,6-7H2,1-5H3. The molecule has 3 heterocycles. The van der Waals surface area contributed by atoms with E-state index < -0.39 is 39.1 Å². The third-order valence-corrected chi connectivity index (χ3v) is 6.06. The normalized spacial score (nSPS) is 15.9. The summed E-state index contributed by atoms with van der Waals surface area (Å²) in [6.45, 7) is 7.72. The van der Waals surface area contributed by atoms with E-state index in [9.17, 15) is 24.6 Å². The van der Waals surface area contributed by atoms with Crippen molar-refractivity contribution in [3.05, 3.63) is 11.1 Å². The molecular weight excluding hydrogens is 511 g/mol. The zero-order valence-corrected chi connectivity index (χ0v) is 19.4. The minimum atomic E-state index is -1.47. The molecule has 2 bridgehead atoms. The second-order valence-corrected chi connectivity index (χ2v) is 9.92. The Hall–Kier alpha value is -1.92. The van der Waals surface area contributed by atoms with Crippen LogP contribution in [-0.2, 0) is 9.53 Å². The molecule has 2 aromatic heterocycles. The van der Waals surface area contributed by atoms with Gasteiger partial charge in [0.25, 0.3) is 0 Å². The fraction of sp³-hybridized carbons (Fsp3) is 0.550. The van der Waals surface area contributed by atoms with Crippen molar-refractivity contribution in [1.82, 2.24) is 0 Å². The van der Waals surface area contributed by atoms with Crippen LogP contribution >= 0.6 is 22.6 Å². The van der Waals surface area contributed by atoms with Gasteiger partial charge in [0.15, 0.2) is 11.2 Å². The van der Waals surface area contributed by atoms with E-state index in [0.29, 0.717) is 6.42 Å². The molecule has 0 aliphatic carbocycles. The quantitative estimate of drug-likeness (QED) is 0.227. The van der Waals surface area contributed by atoms with Crippen molar-refractivity contribution in [3.8, 4) is 11.5 Å². The van der Waals surface area contributed by atoms with Gasteiger partial charge in [-0.2, -0.15) is 0 Å². The lowest BCUT2D eigenvalue weighted by Gasteiger charge is -2.33. The SMILES string of the molecule is CCC(I)C(=O)Oc1c2c3oc1c(C(=O)OC(CC(C)(C)O)C(C)(C)O)c3C(=O)O2. The molecule has 2 N–H and O–H groups in total. The van der Waals surface area contributed by atoms with E-state index in [1.165, 1.54) is 27.7 Å². The molecule has 0 aromatic carbocycles. The van der Waals surface area contributed by atoms with Crippen LogP contribution in [0.15, 0.2) is 4.42 Å². The third-order valence-electron chi connectivity index (χ3n) is 4.67. The van der Waals surface area contributed by atoms with E-state index in [-0.39, 0.29) is 40.2 Å². The summed E-state index contributed by atoms with van der Waals surface area (Å²) < 4.78 is 21.0. The number of carbonyl (C=O) groups excluding carboxylic acids is 3. The molecule has 3 rings (SSSR count). The van der Waals surface area contributed by atoms with Crippen LogP contribution in [0.5, 0.6) is 11.5 Å². The Morgan fingerprint density at radius 3 is 2.33 bits per heavy atom. The van der Waals surface area contributed by atoms with Crippen molar-refractivity contribution < 1.29 is 43.2 Å². The highest BCUT2D eigenvalue weighted by atomic mass is 127. The van der Waals surface area contributed by atoms with E-state index in [1.807, 2.05) is 29.5 Å². The molecule has 2 unspecified atom stereocenters. The number of esters is 3. The number of aliphatic hydroxyl groups is 2. The summed E-state index contributed by atoms with van der Waals surface area (Å²) in [5, 5.41) is 20.5. The first-order chi connectivity index (χ1) is 13.7. The van der Waals surface area contributed by atoms with E-state index in [4.69, 9.17) is 18.6 Å². The second kappa shape index (κ2) is 7.65. The van der Waals surface area contributed by atoms with Crippen molar-refractivity contribution in [1.29, 1.82) is 0 Å². The fourth-order valence-corrected chi connectivity index (χ4v) is 3.21. The van der Waals surface area contributed by atoms with E-state index in [2.05, 4.69) is 0 Å². The van der Waals surface area contributed by atoms with Gasteiger partial charge in [0.2, 0.25) is 11.5 Å². The van der Waals surface area contributed by atoms with Crippen LogP contribution in [-0.4, -0.2) is 49.4 Å². The van der Waals surface area contributed by atoms with Gasteiger partial charge in [0, 0.05) is 6.42 Å². The number of rotatable bonds is 8. The summed E-state index contributed by atoms with van der Waals surface area (Å²) in [4.78, 5) is 37.5. The molecule has 1 aliphatic rings. The van der Waals surface area contributed by atoms with Crippen LogP contribution in [0.1, 0.15) is 68.2 Å². The van der Waals surface area contributed by atoms with Crippen molar-refractivity contribution in [3.63, 3.8) is 0 Å². The first-order valence-electron chi connectivity index (χ1n) is 9.40. The second-order valence-electron chi connectivity index (χ2n) is 8.42. The Morgan fingerprint density at radius 1 is 1.17 bits per heavy atom. The molecule has 0 radical (unpaired) electrons. The van der Waals surface area contributed by atoms with Gasteiger partial charge >= 0.3 is 17.9 Å². The molecule has 30 heavy (non-hydrogen) atoms. The minimum Gasteiger partial charge on any atom is -0.455 e. The van der Waals surface area contributed by atoms with Gasteiger partial charge < -0.3 is 28.8 Å². The van der Waals surface area contributed by atoms with Gasteiger partial charge in [0.1, 0.15) is 21.2 Å². The molecule has 164 valence electrons. The number of fused-ring (bicyclic) bond motifs is 1. The Kier molecular flexibility index (Phi) is 5.80. The molecule has 10 heteroatoms. The number of ether oxygens (including phenoxy) is 3. The lowest BCUT2D eigenvalue weighted by molar-refractivity contribution is -0.133. The molecule has 2 atom stereocenters. The van der Waals surface area contributed by atoms with Crippen LogP contribution in [0.25, 0.3) is 11.2 Å². The number of furan rings is 2. The third kappa shape index (κ3) is 4.12. The summed E-state index contributed by atoms with van der Waals surface area (Å²) >= 11 is 1.92. The minimum absolute atomic E-state index is 0.00792. The lowest BCUT2D eigenvalue weighted by atomic mass is 9.91. The van der Waals surface area contributed by atoms with Crippen LogP contribution in [0.2, 0.25) is 0 Å². The molecule has 0 fully saturated rings. The summed E-state index contributed by atoms with van der Waals surface area (Å²) in [6, 6.07) is 0. The maximum atomic E-state index is 13.0. The van der Waals surface area contributed by atoms with Gasteiger partial charge in [-0.05, 0) is 34.1 Å². The fourth-order valence-electron chi connectivity index (χ4n) is 3.08. The van der Waals surface area contributed by atoms with Crippen LogP contribution < -0.4 is 9.47 Å². The number of hydrogen-bond acceptors (Lipinski definition) is 9. The Labute approximate surface area is 186 Å². The predicted octanol–water partition coefficient (Wildman–Crippen LogP) is 2.98. The topological polar surface area (TPSA) is 132 Å². The summed E-state index contributed by atoms with van der Waals surface area (Å²) in [5.74, 6) is -2.53. The highest BCUT2D eigenvalue weighted by Crippen LogP contribution is 2.52. The van der Waals surface area contributed by atoms with Crippen molar-refractivity contribution in [2.24, 2.45) is 0 Å². The number of hydrogen-bond donors (Lipinski definition) is 2. The largest absolute Gasteiger partial charge is 0.455 e. The highest BCUT2D eigenvalue weighted by molar-refractivity contribution is 14.1. The van der Waals surface area contributed by atoms with E-state index in [1.54, 1.807) is 0 Å². The zero-order chi connectivity index (χ0) is 22.6. The number of benzene rings is 1. The summed E-state index contributed by atoms with van der Waals surface area (Å²) in [6.07, 6.45) is -0.624. The Bertz CT molecular complexity index is 993. The molecule has 0 saturated heterocycles. The maximum Gasteiger partial charge on any atom is 0.348 e. The predicted molar refractivity (Wildman–Crippen MR) is 113 cm³/mol. The van der Waals surface area contributed by atoms with Gasteiger partial charge in [0.05, 0.1) is 11.2 Å². The van der Waals surface area contributed by atoms with Crippen LogP contribution in [0.3, 0.4) is 0 Å². The maximum absolute atomic E-state index is 13.0. The van der Waals surface area contributed by atoms with Gasteiger partial charge in [-0.1, -0.05) is 29.5 Å². The number of halogens is 1. The van der Waals surface area contributed by atoms with E-state index >= 15 is 0 Å². The average Bonchev–Trinajstić information content (AvgIpc) is 3.21. The molecule has 1 aliphatic heterocycles. The van der Waals surface area contributed by atoms with Crippen molar-refractivity contribution in [2.75, 3.05) is 0 Å². The number of carbonyl (C=O) groups is 3. The monoisotopic (exact) mass is 534 g/mol. The Morgan fingerprint density at radius 2 is 1.80 bits per heavy atom. The molecule has 0 spiro atoms. The zero-order valence-electron chi connectivity index (χ0n) is 17.2.